The van der Waals surface area contributed by atoms with Crippen molar-refractivity contribution in [3.8, 4) is 0 Å². The number of unbranched alkanes of at least 4 members (excludes halogenated alkanes) is 35. The van der Waals surface area contributed by atoms with E-state index in [2.05, 4.69) is 125 Å². The summed E-state index contributed by atoms with van der Waals surface area (Å²) in [6.07, 6.45) is 103. The van der Waals surface area contributed by atoms with Crippen LogP contribution in [0.15, 0.2) is 97.2 Å². The van der Waals surface area contributed by atoms with Gasteiger partial charge in [0.2, 0.25) is 0 Å². The molecule has 0 saturated heterocycles. The van der Waals surface area contributed by atoms with E-state index in [1.165, 1.54) is 250 Å². The Morgan fingerprint density at radius 3 is 0.813 bits per heavy atom. The zero-order valence-corrected chi connectivity index (χ0v) is 51.4. The first-order valence-corrected chi connectivity index (χ1v) is 33.9. The van der Waals surface area contributed by atoms with Gasteiger partial charge in [-0.25, -0.2) is 0 Å². The zero-order valence-electron chi connectivity index (χ0n) is 51.4. The van der Waals surface area contributed by atoms with Crippen LogP contribution in [0.4, 0.5) is 0 Å². The van der Waals surface area contributed by atoms with Crippen LogP contribution >= 0.6 is 0 Å². The van der Waals surface area contributed by atoms with E-state index in [4.69, 9.17) is 0 Å². The summed E-state index contributed by atoms with van der Waals surface area (Å²) in [6.45, 7) is 9.16. The van der Waals surface area contributed by atoms with E-state index < -0.39 is 0 Å². The molecule has 0 aliphatic rings. The molecule has 0 aromatic carbocycles. The maximum absolute atomic E-state index is 14.4. The Kier molecular flexibility index (Phi) is 63.8. The van der Waals surface area contributed by atoms with E-state index >= 15 is 0 Å². The van der Waals surface area contributed by atoms with Crippen LogP contribution in [0, 0.1) is 11.8 Å². The Bertz CT molecular complexity index is 1350. The van der Waals surface area contributed by atoms with E-state index in [1.807, 2.05) is 0 Å². The van der Waals surface area contributed by atoms with Gasteiger partial charge < -0.3 is 0 Å². The van der Waals surface area contributed by atoms with E-state index in [-0.39, 0.29) is 5.92 Å². The summed E-state index contributed by atoms with van der Waals surface area (Å²) in [6, 6.07) is 0. The summed E-state index contributed by atoms with van der Waals surface area (Å²) in [5.41, 5.74) is 0. The van der Waals surface area contributed by atoms with Crippen molar-refractivity contribution in [3.05, 3.63) is 97.2 Å². The molecule has 75 heavy (non-hydrogen) atoms. The Balaban J connectivity index is 5.33. The molecule has 434 valence electrons. The molecule has 0 saturated carbocycles. The number of ketones is 1. The molecule has 0 spiro atoms. The maximum Gasteiger partial charge on any atom is 0.136 e. The monoisotopic (exact) mass is 1040 g/mol. The van der Waals surface area contributed by atoms with Crippen LogP contribution in [-0.4, -0.2) is 5.78 Å². The van der Waals surface area contributed by atoms with Gasteiger partial charge >= 0.3 is 0 Å². The van der Waals surface area contributed by atoms with Crippen molar-refractivity contribution >= 4 is 5.78 Å². The molecular weight excluding hydrogens is 905 g/mol. The molecule has 0 amide bonds. The fourth-order valence-electron chi connectivity index (χ4n) is 10.7. The molecule has 0 aliphatic heterocycles. The zero-order chi connectivity index (χ0) is 54.1. The normalized spacial score (nSPS) is 13.4. The molecule has 0 fully saturated rings. The second-order valence-corrected chi connectivity index (χ2v) is 23.0. The minimum Gasteiger partial charge on any atom is -0.299 e. The number of carbonyl (C=O) groups is 1. The van der Waals surface area contributed by atoms with Crippen molar-refractivity contribution in [1.29, 1.82) is 0 Å². The molecule has 0 heterocycles. The van der Waals surface area contributed by atoms with Crippen LogP contribution < -0.4 is 0 Å². The van der Waals surface area contributed by atoms with Crippen LogP contribution in [0.3, 0.4) is 0 Å². The smallest absolute Gasteiger partial charge is 0.136 e. The van der Waals surface area contributed by atoms with Gasteiger partial charge in [-0.05, 0) is 115 Å². The summed E-state index contributed by atoms with van der Waals surface area (Å²) in [4.78, 5) is 14.4. The highest BCUT2D eigenvalue weighted by Gasteiger charge is 2.26. The number of carbonyl (C=O) groups excluding carboxylic acids is 1. The molecule has 0 rings (SSSR count). The Morgan fingerprint density at radius 1 is 0.240 bits per heavy atom. The van der Waals surface area contributed by atoms with Gasteiger partial charge in [0.05, 0.1) is 0 Å². The third-order valence-electron chi connectivity index (χ3n) is 15.7. The van der Waals surface area contributed by atoms with Crippen molar-refractivity contribution in [1.82, 2.24) is 0 Å². The van der Waals surface area contributed by atoms with Gasteiger partial charge in [-0.2, -0.15) is 0 Å². The lowest BCUT2D eigenvalue weighted by atomic mass is 9.77. The highest BCUT2D eigenvalue weighted by atomic mass is 16.1. The molecule has 0 aromatic rings. The second-order valence-electron chi connectivity index (χ2n) is 23.0. The molecule has 0 radical (unpaired) electrons. The lowest BCUT2D eigenvalue weighted by molar-refractivity contribution is -0.125. The van der Waals surface area contributed by atoms with Crippen molar-refractivity contribution in [2.24, 2.45) is 11.8 Å². The van der Waals surface area contributed by atoms with Crippen LogP contribution in [0.25, 0.3) is 0 Å². The van der Waals surface area contributed by atoms with Crippen LogP contribution in [0.1, 0.15) is 355 Å². The lowest BCUT2D eigenvalue weighted by Gasteiger charge is -2.26. The summed E-state index contributed by atoms with van der Waals surface area (Å²) in [5.74, 6) is 1.37. The van der Waals surface area contributed by atoms with Crippen molar-refractivity contribution < 1.29 is 4.79 Å². The Morgan fingerprint density at radius 2 is 0.480 bits per heavy atom. The fraction of sp³-hybridized carbons (Fsp3) is 0.770. The standard InChI is InChI=1S/C74H132O/c1-5-9-13-17-21-25-29-33-37-39-40-43-45-49-53-57-61-65-69-72(68-64-60-56-52-48-44-42-38-34-30-26-22-18-14-10-6-2)73(70-66-62-58-54-50-46-36-32-28-24-20-16-12-8-4)74(75)71-67-63-59-55-51-47-41-35-31-27-23-19-15-11-7-3/h21-22,25-26,33-34,37-38,40,43-44,48-49,53,56,60,72-73H,5-20,23-24,27-32,35-36,39,41-42,45-47,50-52,54-55,57-59,61-71H2,1-4H3. The molecule has 2 unspecified atom stereocenters. The molecular formula is C74H132O. The van der Waals surface area contributed by atoms with Crippen LogP contribution in [0.5, 0.6) is 0 Å². The third kappa shape index (κ3) is 59.1. The minimum atomic E-state index is 0.247. The predicted molar refractivity (Wildman–Crippen MR) is 343 cm³/mol. The summed E-state index contributed by atoms with van der Waals surface area (Å²) in [7, 11) is 0. The number of hydrogen-bond donors (Lipinski definition) is 0. The van der Waals surface area contributed by atoms with Crippen LogP contribution in [-0.2, 0) is 4.79 Å². The molecule has 0 aromatic heterocycles. The first kappa shape index (κ1) is 72.6. The molecule has 1 heteroatoms. The topological polar surface area (TPSA) is 17.1 Å². The Hall–Kier alpha value is -2.41. The lowest BCUT2D eigenvalue weighted by Crippen LogP contribution is -2.24. The van der Waals surface area contributed by atoms with Gasteiger partial charge in [-0.3, -0.25) is 4.79 Å². The van der Waals surface area contributed by atoms with Crippen molar-refractivity contribution in [2.45, 2.75) is 355 Å². The van der Waals surface area contributed by atoms with E-state index in [9.17, 15) is 4.79 Å². The van der Waals surface area contributed by atoms with E-state index in [0.717, 1.165) is 77.0 Å². The molecule has 1 nitrogen and oxygen atoms in total. The van der Waals surface area contributed by atoms with Gasteiger partial charge in [-0.1, -0.05) is 337 Å². The quantitative estimate of drug-likeness (QED) is 0.0438. The number of hydrogen-bond acceptors (Lipinski definition) is 1. The summed E-state index contributed by atoms with van der Waals surface area (Å²) >= 11 is 0. The number of Topliss-reactive ketones (excluding diaryl/α,β-unsaturated/α-hetero) is 1. The molecule has 0 bridgehead atoms. The number of rotatable bonds is 61. The molecule has 0 N–H and O–H groups in total. The van der Waals surface area contributed by atoms with E-state index in [0.29, 0.717) is 11.7 Å². The van der Waals surface area contributed by atoms with Gasteiger partial charge in [-0.15, -0.1) is 0 Å². The fourth-order valence-corrected chi connectivity index (χ4v) is 10.7. The average Bonchev–Trinajstić information content (AvgIpc) is 3.42. The maximum atomic E-state index is 14.4. The van der Waals surface area contributed by atoms with Crippen LogP contribution in [0.2, 0.25) is 0 Å². The van der Waals surface area contributed by atoms with Gasteiger partial charge in [0.25, 0.3) is 0 Å². The van der Waals surface area contributed by atoms with Gasteiger partial charge in [0, 0.05) is 12.3 Å². The van der Waals surface area contributed by atoms with Gasteiger partial charge in [0.15, 0.2) is 0 Å². The first-order chi connectivity index (χ1) is 37.2. The largest absolute Gasteiger partial charge is 0.299 e. The predicted octanol–water partition coefficient (Wildman–Crippen LogP) is 26.2. The minimum absolute atomic E-state index is 0.247. The van der Waals surface area contributed by atoms with E-state index in [1.54, 1.807) is 0 Å². The highest BCUT2D eigenvalue weighted by molar-refractivity contribution is 5.81. The third-order valence-corrected chi connectivity index (χ3v) is 15.7. The molecule has 2 atom stereocenters. The van der Waals surface area contributed by atoms with Crippen molar-refractivity contribution in [3.63, 3.8) is 0 Å². The SMILES string of the molecule is CCCCCC=CCC=CCC=CCC=CCCCCC(CCC=CCC=CCC=CCC=CCCCCC)C(CCCCCCCCCCCCCCCC)C(=O)CCCCCCCCCCCCCCCCC. The second kappa shape index (κ2) is 65.9. The first-order valence-electron chi connectivity index (χ1n) is 33.9. The summed E-state index contributed by atoms with van der Waals surface area (Å²) < 4.78 is 0. The number of allylic oxidation sites excluding steroid dienone is 16. The summed E-state index contributed by atoms with van der Waals surface area (Å²) in [5, 5.41) is 0. The average molecular weight is 1040 g/mol. The molecule has 0 aliphatic carbocycles. The highest BCUT2D eigenvalue weighted by Crippen LogP contribution is 2.32. The van der Waals surface area contributed by atoms with Crippen molar-refractivity contribution in [2.75, 3.05) is 0 Å². The Labute approximate surface area is 472 Å². The van der Waals surface area contributed by atoms with Gasteiger partial charge in [0.1, 0.15) is 5.78 Å².